The molecule has 2 atom stereocenters. The van der Waals surface area contributed by atoms with Crippen LogP contribution in [0.1, 0.15) is 386 Å². The van der Waals surface area contributed by atoms with Crippen LogP contribution in [0.5, 0.6) is 0 Å². The summed E-state index contributed by atoms with van der Waals surface area (Å²) >= 11 is 0. The summed E-state index contributed by atoms with van der Waals surface area (Å²) in [5, 5.41) is 9.79. The Morgan fingerprint density at radius 3 is 0.777 bits per heavy atom. The fourth-order valence-electron chi connectivity index (χ4n) is 12.4. The van der Waals surface area contributed by atoms with Gasteiger partial charge in [0.25, 0.3) is 6.29 Å². The van der Waals surface area contributed by atoms with Crippen molar-refractivity contribution in [3.05, 3.63) is 134 Å². The van der Waals surface area contributed by atoms with Crippen LogP contribution in [-0.4, -0.2) is 87.4 Å². The van der Waals surface area contributed by atoms with Gasteiger partial charge in [-0.05, 0) is 109 Å². The summed E-state index contributed by atoms with van der Waals surface area (Å²) in [4.78, 5) is 37.8. The molecule has 9 heteroatoms. The molecular weight excluding hydrogens is 1270 g/mol. The molecule has 0 amide bonds. The Labute approximate surface area is 637 Å². The molecule has 0 aromatic heterocycles. The molecule has 0 radical (unpaired) electrons. The first kappa shape index (κ1) is 98.4. The number of esters is 2. The predicted octanol–water partition coefficient (Wildman–Crippen LogP) is 28.4. The second-order valence-electron chi connectivity index (χ2n) is 30.1. The maximum atomic E-state index is 13.0. The Balaban J connectivity index is 3.96. The molecule has 103 heavy (non-hydrogen) atoms. The summed E-state index contributed by atoms with van der Waals surface area (Å²) < 4.78 is 23.1. The van der Waals surface area contributed by atoms with E-state index in [1.165, 1.54) is 250 Å². The normalized spacial score (nSPS) is 13.3. The number of aliphatic carboxylic acids is 1. The van der Waals surface area contributed by atoms with Crippen molar-refractivity contribution in [1.82, 2.24) is 0 Å². The van der Waals surface area contributed by atoms with E-state index < -0.39 is 18.4 Å². The van der Waals surface area contributed by atoms with Crippen molar-refractivity contribution in [1.29, 1.82) is 0 Å². The van der Waals surface area contributed by atoms with E-state index in [1.54, 1.807) is 0 Å². The molecule has 0 aliphatic carbocycles. The number of allylic oxidation sites excluding steroid dienone is 22. The lowest BCUT2D eigenvalue weighted by Gasteiger charge is -2.25. The molecule has 0 bridgehead atoms. The summed E-state index contributed by atoms with van der Waals surface area (Å²) in [6.07, 6.45) is 118. The molecule has 0 aromatic carbocycles. The highest BCUT2D eigenvalue weighted by molar-refractivity contribution is 5.71. The molecule has 592 valence electrons. The van der Waals surface area contributed by atoms with Gasteiger partial charge in [0, 0.05) is 12.8 Å². The zero-order chi connectivity index (χ0) is 74.6. The number of carboxylic acids is 1. The maximum absolute atomic E-state index is 13.0. The number of ether oxygens (including phenoxy) is 4. The molecule has 0 aromatic rings. The average Bonchev–Trinajstić information content (AvgIpc) is 1.01. The van der Waals surface area contributed by atoms with E-state index in [0.29, 0.717) is 17.4 Å². The third-order valence-electron chi connectivity index (χ3n) is 18.9. The largest absolute Gasteiger partial charge is 0.477 e. The van der Waals surface area contributed by atoms with Gasteiger partial charge in [-0.3, -0.25) is 9.59 Å². The van der Waals surface area contributed by atoms with Crippen molar-refractivity contribution in [3.63, 3.8) is 0 Å². The van der Waals surface area contributed by atoms with E-state index in [4.69, 9.17) is 18.9 Å². The van der Waals surface area contributed by atoms with E-state index in [0.717, 1.165) is 109 Å². The zero-order valence-corrected chi connectivity index (χ0v) is 67.9. The molecule has 9 nitrogen and oxygen atoms in total. The van der Waals surface area contributed by atoms with Crippen LogP contribution < -0.4 is 0 Å². The topological polar surface area (TPSA) is 108 Å². The Morgan fingerprint density at radius 1 is 0.291 bits per heavy atom. The highest BCUT2D eigenvalue weighted by Crippen LogP contribution is 2.20. The number of carbonyl (C=O) groups is 3. The van der Waals surface area contributed by atoms with Crippen molar-refractivity contribution < 1.29 is 42.9 Å². The lowest BCUT2D eigenvalue weighted by Crippen LogP contribution is -2.40. The Hall–Kier alpha value is -4.57. The standard InChI is InChI=1S/C94H163NO8/c1-6-8-10-12-14-16-18-20-22-24-26-28-30-32-34-36-38-40-42-44-45-46-47-49-51-53-55-57-59-61-63-65-67-69-71-73-75-77-79-81-83-85-92(97)103-90(89-102-94(93(98)99)100-87-86-95(3,4)5)88-101-91(96)84-82-80-78-76-74-72-70-68-66-64-62-60-58-56-54-52-50-48-43-41-39-37-35-33-31-29-27-25-23-21-19-17-15-13-11-9-7-2/h8-11,14-17,20-23,26-29,32,34,38,40,44-45,90,94H,6-7,12-13,18-19,24-25,30-31,33,35-37,39,41-43,46-89H2,1-5H3/p+1/b10-8-,11-9-,16-14-,17-15-,22-20-,23-21-,28-26-,29-27-,34-32-,40-38-,45-44-. The van der Waals surface area contributed by atoms with E-state index in [9.17, 15) is 19.5 Å². The van der Waals surface area contributed by atoms with Gasteiger partial charge < -0.3 is 28.5 Å². The maximum Gasteiger partial charge on any atom is 0.361 e. The minimum atomic E-state index is -1.51. The first-order valence-electron chi connectivity index (χ1n) is 43.3. The molecule has 0 heterocycles. The molecule has 0 fully saturated rings. The minimum absolute atomic E-state index is 0.181. The van der Waals surface area contributed by atoms with E-state index in [2.05, 4.69) is 148 Å². The van der Waals surface area contributed by atoms with Gasteiger partial charge in [-0.2, -0.15) is 0 Å². The number of hydrogen-bond donors (Lipinski definition) is 1. The Bertz CT molecular complexity index is 2170. The number of quaternary nitrogens is 1. The summed E-state index contributed by atoms with van der Waals surface area (Å²) in [6.45, 7) is 4.70. The Kier molecular flexibility index (Phi) is 79.4. The summed E-state index contributed by atoms with van der Waals surface area (Å²) in [6, 6.07) is 0. The second-order valence-corrected chi connectivity index (χ2v) is 30.1. The number of nitrogens with zero attached hydrogens (tertiary/aromatic N) is 1. The van der Waals surface area contributed by atoms with Crippen molar-refractivity contribution >= 4 is 17.9 Å². The summed E-state index contributed by atoms with van der Waals surface area (Å²) in [7, 11) is 5.99. The SMILES string of the molecule is CC/C=C\C/C=C\C/C=C\C/C=C\C/C=C\C/C=C\C/C=C\CCCCCCCCCCCCCCCCCCCCCC(=O)OC(COC(=O)CCCCCCCCCCCCCCCCCCCCCCCCCC/C=C\C/C=C\C/C=C\C/C=C\CC)COC(OCC[N+](C)(C)C)C(=O)O. The van der Waals surface area contributed by atoms with Gasteiger partial charge in [0.05, 0.1) is 34.4 Å². The second kappa shape index (κ2) is 83.1. The third-order valence-corrected chi connectivity index (χ3v) is 18.9. The van der Waals surface area contributed by atoms with Crippen molar-refractivity contribution in [2.75, 3.05) is 47.5 Å². The van der Waals surface area contributed by atoms with Gasteiger partial charge in [0.15, 0.2) is 6.10 Å². The average molecular weight is 1440 g/mol. The molecule has 0 saturated carbocycles. The van der Waals surface area contributed by atoms with Gasteiger partial charge >= 0.3 is 17.9 Å². The highest BCUT2D eigenvalue weighted by Gasteiger charge is 2.25. The van der Waals surface area contributed by atoms with Crippen molar-refractivity contribution in [2.45, 2.75) is 399 Å². The van der Waals surface area contributed by atoms with Crippen LogP contribution in [0, 0.1) is 0 Å². The zero-order valence-electron chi connectivity index (χ0n) is 67.9. The van der Waals surface area contributed by atoms with Crippen LogP contribution >= 0.6 is 0 Å². The fraction of sp³-hybridized carbons (Fsp3) is 0.734. The van der Waals surface area contributed by atoms with Gasteiger partial charge in [0.1, 0.15) is 13.2 Å². The van der Waals surface area contributed by atoms with Crippen molar-refractivity contribution in [2.24, 2.45) is 0 Å². The number of hydrogen-bond acceptors (Lipinski definition) is 7. The summed E-state index contributed by atoms with van der Waals surface area (Å²) in [5.41, 5.74) is 0. The smallest absolute Gasteiger partial charge is 0.361 e. The van der Waals surface area contributed by atoms with Gasteiger partial charge in [0.2, 0.25) is 0 Å². The monoisotopic (exact) mass is 1440 g/mol. The quantitative estimate of drug-likeness (QED) is 0.0211. The fourth-order valence-corrected chi connectivity index (χ4v) is 12.4. The minimum Gasteiger partial charge on any atom is -0.477 e. The number of likely N-dealkylation sites (N-methyl/N-ethyl adjacent to an activating group) is 1. The predicted molar refractivity (Wildman–Crippen MR) is 447 cm³/mol. The molecular formula is C94H164NO8+. The number of rotatable bonds is 80. The molecule has 0 aliphatic rings. The summed E-state index contributed by atoms with van der Waals surface area (Å²) in [5.74, 6) is -1.98. The molecule has 0 rings (SSSR count). The molecule has 1 N–H and O–H groups in total. The molecule has 0 spiro atoms. The van der Waals surface area contributed by atoms with Crippen LogP contribution in [-0.2, 0) is 33.3 Å². The first-order valence-corrected chi connectivity index (χ1v) is 43.3. The van der Waals surface area contributed by atoms with Crippen LogP contribution in [0.4, 0.5) is 0 Å². The molecule has 0 aliphatic heterocycles. The molecule has 2 unspecified atom stereocenters. The van der Waals surface area contributed by atoms with E-state index in [-0.39, 0.29) is 38.2 Å². The van der Waals surface area contributed by atoms with Crippen LogP contribution in [0.25, 0.3) is 0 Å². The van der Waals surface area contributed by atoms with Crippen LogP contribution in [0.3, 0.4) is 0 Å². The lowest BCUT2D eigenvalue weighted by molar-refractivity contribution is -0.870. The van der Waals surface area contributed by atoms with Gasteiger partial charge in [-0.15, -0.1) is 0 Å². The number of carboxylic acid groups (broad SMARTS) is 1. The van der Waals surface area contributed by atoms with Crippen LogP contribution in [0.2, 0.25) is 0 Å². The lowest BCUT2D eigenvalue weighted by atomic mass is 10.0. The molecule has 0 saturated heterocycles. The number of unbranched alkanes of at least 4 members (excludes halogenated alkanes) is 43. The highest BCUT2D eigenvalue weighted by atomic mass is 16.7. The van der Waals surface area contributed by atoms with Crippen LogP contribution in [0.15, 0.2) is 134 Å². The Morgan fingerprint density at radius 2 is 0.524 bits per heavy atom. The first-order chi connectivity index (χ1) is 50.6. The van der Waals surface area contributed by atoms with E-state index >= 15 is 0 Å². The van der Waals surface area contributed by atoms with Gasteiger partial charge in [-0.1, -0.05) is 398 Å². The van der Waals surface area contributed by atoms with Crippen molar-refractivity contribution in [3.8, 4) is 0 Å². The third kappa shape index (κ3) is 84.6. The number of carbonyl (C=O) groups excluding carboxylic acids is 2. The van der Waals surface area contributed by atoms with E-state index in [1.807, 2.05) is 21.1 Å². The van der Waals surface area contributed by atoms with Gasteiger partial charge in [-0.25, -0.2) is 4.79 Å².